The van der Waals surface area contributed by atoms with Crippen LogP contribution >= 0.6 is 23.5 Å². The van der Waals surface area contributed by atoms with Crippen LogP contribution in [-0.2, 0) is 4.79 Å². The van der Waals surface area contributed by atoms with Crippen molar-refractivity contribution < 1.29 is 9.59 Å². The van der Waals surface area contributed by atoms with Crippen LogP contribution in [0, 0.1) is 6.92 Å². The standard InChI is InChI=1S/C31H23N3O2S2/c1-22-17-19-26(20-18-22)34-31(38-29(32-34)28(35)24-13-7-3-8-14-24)33(25-15-9-4-10-16-25)30(36)27(37-31)21-23-11-5-2-6-12-23/h2-21H,1H3. The van der Waals surface area contributed by atoms with Crippen molar-refractivity contribution >= 4 is 57.7 Å². The first-order valence-electron chi connectivity index (χ1n) is 12.1. The average Bonchev–Trinajstić information content (AvgIpc) is 3.46. The van der Waals surface area contributed by atoms with Gasteiger partial charge in [0.05, 0.1) is 10.6 Å². The number of Topliss-reactive ketones (excluding diaryl/α,β-unsaturated/α-hetero) is 1. The van der Waals surface area contributed by atoms with Gasteiger partial charge in [0, 0.05) is 11.3 Å². The third-order valence-electron chi connectivity index (χ3n) is 6.25. The van der Waals surface area contributed by atoms with Gasteiger partial charge in [0.25, 0.3) is 5.91 Å². The summed E-state index contributed by atoms with van der Waals surface area (Å²) < 4.78 is -1.06. The molecule has 0 aromatic heterocycles. The Hall–Kier alpha value is -4.07. The third-order valence-corrected chi connectivity index (χ3v) is 8.96. The molecule has 1 saturated heterocycles. The molecule has 0 aliphatic carbocycles. The smallest absolute Gasteiger partial charge is 0.268 e. The molecule has 1 atom stereocenters. The van der Waals surface area contributed by atoms with E-state index in [2.05, 4.69) is 0 Å². The highest BCUT2D eigenvalue weighted by atomic mass is 32.2. The lowest BCUT2D eigenvalue weighted by Gasteiger charge is -2.38. The number of anilines is 2. The molecule has 1 spiro atoms. The van der Waals surface area contributed by atoms with E-state index in [4.69, 9.17) is 5.10 Å². The van der Waals surface area contributed by atoms with E-state index in [1.165, 1.54) is 23.5 Å². The second-order valence-electron chi connectivity index (χ2n) is 8.90. The van der Waals surface area contributed by atoms with E-state index >= 15 is 0 Å². The van der Waals surface area contributed by atoms with E-state index in [0.717, 1.165) is 22.5 Å². The number of hydrogen-bond donors (Lipinski definition) is 0. The van der Waals surface area contributed by atoms with Gasteiger partial charge in [-0.15, -0.1) is 0 Å². The monoisotopic (exact) mass is 533 g/mol. The number of aryl methyl sites for hydroxylation is 1. The highest BCUT2D eigenvalue weighted by molar-refractivity contribution is 8.29. The topological polar surface area (TPSA) is 53.0 Å². The Balaban J connectivity index is 1.52. The summed E-state index contributed by atoms with van der Waals surface area (Å²) in [4.78, 5) is 30.1. The van der Waals surface area contributed by atoms with E-state index in [-0.39, 0.29) is 11.7 Å². The van der Waals surface area contributed by atoms with Crippen molar-refractivity contribution in [2.75, 3.05) is 9.91 Å². The summed E-state index contributed by atoms with van der Waals surface area (Å²) in [5.41, 5.74) is 4.12. The molecule has 0 bridgehead atoms. The van der Waals surface area contributed by atoms with Crippen LogP contribution in [0.25, 0.3) is 6.08 Å². The van der Waals surface area contributed by atoms with Crippen LogP contribution in [0.3, 0.4) is 0 Å². The van der Waals surface area contributed by atoms with E-state index in [1.54, 1.807) is 17.0 Å². The normalized spacial score (nSPS) is 19.9. The van der Waals surface area contributed by atoms with Gasteiger partial charge in [-0.2, -0.15) is 5.10 Å². The van der Waals surface area contributed by atoms with Gasteiger partial charge >= 0.3 is 0 Å². The molecule has 38 heavy (non-hydrogen) atoms. The Morgan fingerprint density at radius 2 is 1.37 bits per heavy atom. The van der Waals surface area contributed by atoms with Crippen LogP contribution in [0.2, 0.25) is 0 Å². The Morgan fingerprint density at radius 1 is 0.763 bits per heavy atom. The summed E-state index contributed by atoms with van der Waals surface area (Å²) in [5.74, 6) is -0.315. The fourth-order valence-electron chi connectivity index (χ4n) is 4.38. The number of rotatable bonds is 5. The lowest BCUT2D eigenvalue weighted by Crippen LogP contribution is -2.51. The molecule has 1 unspecified atom stereocenters. The number of hydrogen-bond acceptors (Lipinski definition) is 6. The Kier molecular flexibility index (Phi) is 6.39. The van der Waals surface area contributed by atoms with Crippen molar-refractivity contribution in [2.45, 2.75) is 11.3 Å². The van der Waals surface area contributed by atoms with Crippen molar-refractivity contribution in [3.63, 3.8) is 0 Å². The highest BCUT2D eigenvalue weighted by Crippen LogP contribution is 2.59. The summed E-state index contributed by atoms with van der Waals surface area (Å²) in [7, 11) is 0. The first kappa shape index (κ1) is 24.3. The second kappa shape index (κ2) is 10.0. The molecule has 5 nitrogen and oxygen atoms in total. The zero-order valence-corrected chi connectivity index (χ0v) is 22.2. The van der Waals surface area contributed by atoms with E-state index in [0.29, 0.717) is 15.5 Å². The number of hydrazone groups is 1. The largest absolute Gasteiger partial charge is 0.286 e. The van der Waals surface area contributed by atoms with Gasteiger partial charge in [0.1, 0.15) is 0 Å². The number of para-hydroxylation sites is 1. The van der Waals surface area contributed by atoms with E-state index < -0.39 is 4.33 Å². The predicted octanol–water partition coefficient (Wildman–Crippen LogP) is 7.18. The molecule has 6 rings (SSSR count). The molecule has 2 heterocycles. The molecular weight excluding hydrogens is 510 g/mol. The molecule has 2 aliphatic rings. The lowest BCUT2D eigenvalue weighted by atomic mass is 10.1. The minimum Gasteiger partial charge on any atom is -0.286 e. The number of nitrogens with zero attached hydrogens (tertiary/aromatic N) is 3. The van der Waals surface area contributed by atoms with E-state index in [1.807, 2.05) is 121 Å². The molecule has 1 fully saturated rings. The van der Waals surface area contributed by atoms with Gasteiger partial charge in [-0.05, 0) is 54.6 Å². The highest BCUT2D eigenvalue weighted by Gasteiger charge is 2.60. The van der Waals surface area contributed by atoms with Crippen LogP contribution in [0.5, 0.6) is 0 Å². The van der Waals surface area contributed by atoms with Crippen LogP contribution in [-0.4, -0.2) is 21.1 Å². The molecule has 4 aromatic carbocycles. The van der Waals surface area contributed by atoms with Crippen molar-refractivity contribution in [3.05, 3.63) is 137 Å². The Bertz CT molecular complexity index is 1560. The first-order valence-corrected chi connectivity index (χ1v) is 13.8. The minimum atomic E-state index is -1.06. The molecule has 0 saturated carbocycles. The fourth-order valence-corrected chi connectivity index (χ4v) is 7.32. The molecular formula is C31H23N3O2S2. The zero-order chi connectivity index (χ0) is 26.1. The minimum absolute atomic E-state index is 0.140. The van der Waals surface area contributed by atoms with Gasteiger partial charge in [-0.3, -0.25) is 14.5 Å². The van der Waals surface area contributed by atoms with Crippen molar-refractivity contribution in [3.8, 4) is 0 Å². The number of ketones is 1. The van der Waals surface area contributed by atoms with Gasteiger partial charge in [-0.1, -0.05) is 108 Å². The van der Waals surface area contributed by atoms with Gasteiger partial charge in [0.2, 0.25) is 10.1 Å². The van der Waals surface area contributed by atoms with E-state index in [9.17, 15) is 9.59 Å². The van der Waals surface area contributed by atoms with Gasteiger partial charge in [-0.25, -0.2) is 5.01 Å². The Labute approximate surface area is 229 Å². The molecule has 186 valence electrons. The Morgan fingerprint density at radius 3 is 2.03 bits per heavy atom. The van der Waals surface area contributed by atoms with Crippen LogP contribution < -0.4 is 9.91 Å². The SMILES string of the molecule is Cc1ccc(N2N=C(C(=O)c3ccccc3)SC23SC(=Cc2ccccc2)C(=O)N3c2ccccc2)cc1. The third kappa shape index (κ3) is 4.34. The summed E-state index contributed by atoms with van der Waals surface area (Å²) in [6.07, 6.45) is 1.91. The summed E-state index contributed by atoms with van der Waals surface area (Å²) in [6, 6.07) is 36.5. The molecule has 0 N–H and O–H groups in total. The van der Waals surface area contributed by atoms with Crippen molar-refractivity contribution in [1.29, 1.82) is 0 Å². The molecule has 4 aromatic rings. The predicted molar refractivity (Wildman–Crippen MR) is 158 cm³/mol. The zero-order valence-electron chi connectivity index (χ0n) is 20.5. The second-order valence-corrected chi connectivity index (χ2v) is 11.5. The van der Waals surface area contributed by atoms with Crippen molar-refractivity contribution in [2.24, 2.45) is 5.10 Å². The molecule has 1 amide bonds. The average molecular weight is 534 g/mol. The van der Waals surface area contributed by atoms with Gasteiger partial charge < -0.3 is 0 Å². The summed E-state index contributed by atoms with van der Waals surface area (Å²) in [5, 5.41) is 7.02. The number of thioether (sulfide) groups is 2. The maximum atomic E-state index is 14.1. The van der Waals surface area contributed by atoms with Gasteiger partial charge in [0.15, 0.2) is 5.04 Å². The first-order chi connectivity index (χ1) is 18.5. The number of amides is 1. The number of carbonyl (C=O) groups is 2. The fraction of sp³-hybridized carbons (Fsp3) is 0.0645. The summed E-state index contributed by atoms with van der Waals surface area (Å²) >= 11 is 2.71. The van der Waals surface area contributed by atoms with Crippen LogP contribution in [0.4, 0.5) is 11.4 Å². The van der Waals surface area contributed by atoms with Crippen LogP contribution in [0.15, 0.2) is 125 Å². The number of benzene rings is 4. The van der Waals surface area contributed by atoms with Crippen LogP contribution in [0.1, 0.15) is 21.5 Å². The number of carbonyl (C=O) groups excluding carboxylic acids is 2. The quantitative estimate of drug-likeness (QED) is 0.201. The van der Waals surface area contributed by atoms with Crippen molar-refractivity contribution in [1.82, 2.24) is 0 Å². The maximum Gasteiger partial charge on any atom is 0.268 e. The summed E-state index contributed by atoms with van der Waals surface area (Å²) in [6.45, 7) is 2.02. The maximum absolute atomic E-state index is 14.1. The lowest BCUT2D eigenvalue weighted by molar-refractivity contribution is -0.114. The molecule has 2 aliphatic heterocycles. The molecule has 7 heteroatoms. The molecule has 0 radical (unpaired) electrons.